The molecule has 0 spiro atoms. The third-order valence-corrected chi connectivity index (χ3v) is 6.05. The van der Waals surface area contributed by atoms with Crippen LogP contribution in [0.25, 0.3) is 21.7 Å². The molecule has 5 atom stereocenters. The summed E-state index contributed by atoms with van der Waals surface area (Å²) in [6.45, 7) is 3.23. The fourth-order valence-electron chi connectivity index (χ4n) is 4.39. The highest BCUT2D eigenvalue weighted by atomic mass is 16.7. The summed E-state index contributed by atoms with van der Waals surface area (Å²) in [5.74, 6) is 0.921. The quantitative estimate of drug-likeness (QED) is 0.328. The second-order valence-electron chi connectivity index (χ2n) is 8.44. The van der Waals surface area contributed by atoms with E-state index in [1.165, 1.54) is 0 Å². The number of aliphatic hydroxyl groups excluding tert-OH is 4. The number of ether oxygens (including phenoxy) is 4. The molecule has 5 rings (SSSR count). The van der Waals surface area contributed by atoms with E-state index in [9.17, 15) is 25.2 Å². The first-order valence-corrected chi connectivity index (χ1v) is 10.6. The van der Waals surface area contributed by atoms with Gasteiger partial charge in [-0.3, -0.25) is 0 Å². The first-order chi connectivity index (χ1) is 15.8. The van der Waals surface area contributed by atoms with Gasteiger partial charge in [-0.2, -0.15) is 0 Å². The van der Waals surface area contributed by atoms with Crippen molar-refractivity contribution in [2.45, 2.75) is 50.5 Å². The van der Waals surface area contributed by atoms with E-state index in [-0.39, 0.29) is 23.8 Å². The summed E-state index contributed by atoms with van der Waals surface area (Å²) in [7, 11) is 0. The van der Waals surface area contributed by atoms with E-state index in [2.05, 4.69) is 0 Å². The van der Waals surface area contributed by atoms with Gasteiger partial charge in [0.25, 0.3) is 0 Å². The zero-order chi connectivity index (χ0) is 23.4. The number of hydrogen-bond donors (Lipinski definition) is 4. The lowest BCUT2D eigenvalue weighted by atomic mass is 9.96. The van der Waals surface area contributed by atoms with E-state index in [1.54, 1.807) is 24.3 Å². The topological polar surface area (TPSA) is 148 Å². The fourth-order valence-corrected chi connectivity index (χ4v) is 4.39. The molecule has 2 aliphatic rings. The maximum absolute atomic E-state index is 12.9. The molecule has 3 heterocycles. The Morgan fingerprint density at radius 1 is 1.03 bits per heavy atom. The summed E-state index contributed by atoms with van der Waals surface area (Å²) < 4.78 is 27.9. The molecule has 0 aliphatic carbocycles. The van der Waals surface area contributed by atoms with Crippen LogP contribution in [0.2, 0.25) is 0 Å². The van der Waals surface area contributed by atoms with Crippen molar-refractivity contribution in [1.82, 2.24) is 0 Å². The molecule has 0 unspecified atom stereocenters. The molecule has 0 saturated carbocycles. The molecule has 176 valence electrons. The van der Waals surface area contributed by atoms with Gasteiger partial charge in [-0.15, -0.1) is 0 Å². The standard InChI is InChI=1S/C23H24O10/c1-9(2)15-12(31-23-19(27)18(26)17(25)14(7-24)32-23)5-4-11-10-3-6-13-21(30-8-29-13)16(10)22(28)33-20(11)15/h3-6,9,14,17-19,23-27H,7-8H2,1-2H3/t14-,17-,18+,19-,23-/m1/s1. The van der Waals surface area contributed by atoms with Gasteiger partial charge >= 0.3 is 5.63 Å². The van der Waals surface area contributed by atoms with Gasteiger partial charge in [-0.25, -0.2) is 4.79 Å². The fraction of sp³-hybridized carbons (Fsp3) is 0.435. The molecule has 33 heavy (non-hydrogen) atoms. The highest BCUT2D eigenvalue weighted by molar-refractivity contribution is 6.08. The van der Waals surface area contributed by atoms with Gasteiger partial charge < -0.3 is 43.8 Å². The number of rotatable bonds is 4. The van der Waals surface area contributed by atoms with Gasteiger partial charge in [0.05, 0.1) is 6.61 Å². The number of hydrogen-bond acceptors (Lipinski definition) is 10. The smallest absolute Gasteiger partial charge is 0.348 e. The Kier molecular flexibility index (Phi) is 5.42. The third kappa shape index (κ3) is 3.42. The number of fused-ring (bicyclic) bond motifs is 5. The van der Waals surface area contributed by atoms with Crippen molar-refractivity contribution in [3.8, 4) is 17.2 Å². The zero-order valence-corrected chi connectivity index (χ0v) is 17.9. The molecule has 0 radical (unpaired) electrons. The minimum Gasteiger partial charge on any atom is -0.462 e. The van der Waals surface area contributed by atoms with Crippen LogP contribution >= 0.6 is 0 Å². The summed E-state index contributed by atoms with van der Waals surface area (Å²) in [6.07, 6.45) is -7.11. The van der Waals surface area contributed by atoms with Crippen molar-refractivity contribution in [2.24, 2.45) is 0 Å². The molecule has 1 aromatic heterocycles. The predicted octanol–water partition coefficient (Wildman–Crippen LogP) is 0.977. The Bertz CT molecular complexity index is 1260. The lowest BCUT2D eigenvalue weighted by molar-refractivity contribution is -0.277. The Labute approximate surface area is 187 Å². The predicted molar refractivity (Wildman–Crippen MR) is 115 cm³/mol. The van der Waals surface area contributed by atoms with Crippen molar-refractivity contribution in [1.29, 1.82) is 0 Å². The van der Waals surface area contributed by atoms with E-state index >= 15 is 0 Å². The number of benzene rings is 2. The Hall–Kier alpha value is -2.89. The Balaban J connectivity index is 1.64. The summed E-state index contributed by atoms with van der Waals surface area (Å²) in [5, 5.41) is 41.4. The lowest BCUT2D eigenvalue weighted by Gasteiger charge is -2.39. The maximum Gasteiger partial charge on any atom is 0.348 e. The molecule has 0 amide bonds. The summed E-state index contributed by atoms with van der Waals surface area (Å²) in [4.78, 5) is 12.9. The zero-order valence-electron chi connectivity index (χ0n) is 17.9. The second kappa shape index (κ2) is 8.15. The van der Waals surface area contributed by atoms with Crippen molar-refractivity contribution in [3.63, 3.8) is 0 Å². The molecule has 0 bridgehead atoms. The molecule has 1 saturated heterocycles. The van der Waals surface area contributed by atoms with Gasteiger partial charge in [0, 0.05) is 16.3 Å². The van der Waals surface area contributed by atoms with Gasteiger partial charge in [-0.05, 0) is 30.2 Å². The van der Waals surface area contributed by atoms with Gasteiger partial charge in [0.1, 0.15) is 41.1 Å². The van der Waals surface area contributed by atoms with Crippen molar-refractivity contribution >= 4 is 21.7 Å². The number of aliphatic hydroxyl groups is 4. The van der Waals surface area contributed by atoms with E-state index < -0.39 is 42.9 Å². The van der Waals surface area contributed by atoms with E-state index in [1.807, 2.05) is 13.8 Å². The monoisotopic (exact) mass is 460 g/mol. The second-order valence-corrected chi connectivity index (χ2v) is 8.44. The van der Waals surface area contributed by atoms with Crippen molar-refractivity contribution in [2.75, 3.05) is 13.4 Å². The molecule has 2 aliphatic heterocycles. The van der Waals surface area contributed by atoms with Crippen LogP contribution in [0.1, 0.15) is 25.3 Å². The van der Waals surface area contributed by atoms with Gasteiger partial charge in [-0.1, -0.05) is 13.8 Å². The van der Waals surface area contributed by atoms with Crippen LogP contribution in [0.3, 0.4) is 0 Å². The van der Waals surface area contributed by atoms with E-state index in [0.717, 1.165) is 0 Å². The summed E-state index contributed by atoms with van der Waals surface area (Å²) >= 11 is 0. The van der Waals surface area contributed by atoms with Crippen molar-refractivity contribution < 1.29 is 43.8 Å². The normalized spacial score (nSPS) is 26.9. The largest absolute Gasteiger partial charge is 0.462 e. The van der Waals surface area contributed by atoms with Crippen LogP contribution in [-0.2, 0) is 4.74 Å². The Morgan fingerprint density at radius 3 is 2.52 bits per heavy atom. The molecule has 4 N–H and O–H groups in total. The Morgan fingerprint density at radius 2 is 1.79 bits per heavy atom. The molecule has 1 fully saturated rings. The van der Waals surface area contributed by atoms with E-state index in [4.69, 9.17) is 23.4 Å². The average molecular weight is 460 g/mol. The van der Waals surface area contributed by atoms with Gasteiger partial charge in [0.2, 0.25) is 13.1 Å². The summed E-state index contributed by atoms with van der Waals surface area (Å²) in [6, 6.07) is 6.87. The van der Waals surface area contributed by atoms with Crippen LogP contribution in [-0.4, -0.2) is 64.5 Å². The van der Waals surface area contributed by atoms with Gasteiger partial charge in [0.15, 0.2) is 11.5 Å². The van der Waals surface area contributed by atoms with Crippen LogP contribution in [0.4, 0.5) is 0 Å². The average Bonchev–Trinajstić information content (AvgIpc) is 3.27. The SMILES string of the molecule is CC(C)c1c(O[C@@H]2O[C@H](CO)[C@@H](O)[C@H](O)[C@H]2O)ccc2c1oc(=O)c1c3c(ccc12)OCO3. The molecular formula is C23H24O10. The lowest BCUT2D eigenvalue weighted by Crippen LogP contribution is -2.60. The molecule has 3 aromatic rings. The third-order valence-electron chi connectivity index (χ3n) is 6.05. The maximum atomic E-state index is 12.9. The highest BCUT2D eigenvalue weighted by Crippen LogP contribution is 2.42. The minimum atomic E-state index is -1.57. The molecule has 2 aromatic carbocycles. The van der Waals surface area contributed by atoms with Crippen LogP contribution in [0, 0.1) is 0 Å². The molecule has 10 heteroatoms. The molecular weight excluding hydrogens is 436 g/mol. The first-order valence-electron chi connectivity index (χ1n) is 10.6. The summed E-state index contributed by atoms with van der Waals surface area (Å²) in [5.41, 5.74) is 0.274. The highest BCUT2D eigenvalue weighted by Gasteiger charge is 2.45. The first kappa shape index (κ1) is 21.9. The van der Waals surface area contributed by atoms with E-state index in [0.29, 0.717) is 33.4 Å². The minimum absolute atomic E-state index is 0.0229. The van der Waals surface area contributed by atoms with Crippen molar-refractivity contribution in [3.05, 3.63) is 40.2 Å². The van der Waals surface area contributed by atoms with Crippen LogP contribution < -0.4 is 19.8 Å². The van der Waals surface area contributed by atoms with Crippen LogP contribution in [0.15, 0.2) is 33.5 Å². The van der Waals surface area contributed by atoms with Crippen LogP contribution in [0.5, 0.6) is 17.2 Å². The molecule has 10 nitrogen and oxygen atoms in total.